The first-order chi connectivity index (χ1) is 11.5. The van der Waals surface area contributed by atoms with Gasteiger partial charge in [-0.15, -0.1) is 0 Å². The van der Waals surface area contributed by atoms with Crippen molar-refractivity contribution < 1.29 is 27.9 Å². The minimum absolute atomic E-state index is 0.169. The van der Waals surface area contributed by atoms with Crippen LogP contribution in [0.3, 0.4) is 0 Å². The van der Waals surface area contributed by atoms with Gasteiger partial charge in [-0.2, -0.15) is 13.2 Å². The number of carboxylic acids is 1. The second-order valence-corrected chi connectivity index (χ2v) is 6.89. The van der Waals surface area contributed by atoms with E-state index in [0.717, 1.165) is 12.1 Å². The first-order valence-corrected chi connectivity index (χ1v) is 7.94. The van der Waals surface area contributed by atoms with Crippen molar-refractivity contribution in [3.63, 3.8) is 0 Å². The molecule has 1 aliphatic heterocycles. The molecular formula is C17H21F3N2O3. The third-order valence-corrected chi connectivity index (χ3v) is 4.50. The summed E-state index contributed by atoms with van der Waals surface area (Å²) in [7, 11) is 0. The lowest BCUT2D eigenvalue weighted by Gasteiger charge is -2.27. The zero-order valence-electron chi connectivity index (χ0n) is 14.1. The Morgan fingerprint density at radius 1 is 1.20 bits per heavy atom. The fourth-order valence-electron chi connectivity index (χ4n) is 2.77. The van der Waals surface area contributed by atoms with Crippen molar-refractivity contribution in [1.29, 1.82) is 0 Å². The summed E-state index contributed by atoms with van der Waals surface area (Å²) in [6.07, 6.45) is -3.96. The van der Waals surface area contributed by atoms with Gasteiger partial charge in [0.15, 0.2) is 0 Å². The van der Waals surface area contributed by atoms with E-state index in [1.807, 2.05) is 13.8 Å². The molecule has 1 atom stereocenters. The molecule has 8 heteroatoms. The number of carbonyl (C=O) groups is 2. The summed E-state index contributed by atoms with van der Waals surface area (Å²) in [5.74, 6) is -1.46. The van der Waals surface area contributed by atoms with E-state index in [-0.39, 0.29) is 19.1 Å². The van der Waals surface area contributed by atoms with Crippen LogP contribution in [0.5, 0.6) is 0 Å². The Labute approximate surface area is 143 Å². The van der Waals surface area contributed by atoms with Crippen LogP contribution in [0.25, 0.3) is 0 Å². The quantitative estimate of drug-likeness (QED) is 0.869. The highest BCUT2D eigenvalue weighted by Crippen LogP contribution is 2.31. The highest BCUT2D eigenvalue weighted by atomic mass is 19.4. The van der Waals surface area contributed by atoms with Crippen LogP contribution >= 0.6 is 0 Å². The van der Waals surface area contributed by atoms with E-state index in [0.29, 0.717) is 18.5 Å². The van der Waals surface area contributed by atoms with Crippen LogP contribution < -0.4 is 5.32 Å². The van der Waals surface area contributed by atoms with Gasteiger partial charge in [-0.25, -0.2) is 4.79 Å². The zero-order chi connectivity index (χ0) is 18.8. The highest BCUT2D eigenvalue weighted by molar-refractivity contribution is 5.77. The van der Waals surface area contributed by atoms with E-state index in [1.54, 1.807) is 0 Å². The van der Waals surface area contributed by atoms with Crippen LogP contribution in [0.15, 0.2) is 24.3 Å². The molecule has 138 valence electrons. The van der Waals surface area contributed by atoms with E-state index in [2.05, 4.69) is 5.32 Å². The standard InChI is InChI=1S/C17H21F3N2O3/c1-16(2,12-3-5-13(6-4-12)17(18,19)20)10-21-15(25)22-8-7-11(9-22)14(23)24/h3-6,11H,7-10H2,1-2H3,(H,21,25)(H,23,24). The lowest BCUT2D eigenvalue weighted by atomic mass is 9.84. The van der Waals surface area contributed by atoms with Crippen molar-refractivity contribution in [1.82, 2.24) is 10.2 Å². The number of hydrogen-bond donors (Lipinski definition) is 2. The van der Waals surface area contributed by atoms with Gasteiger partial charge in [0, 0.05) is 25.0 Å². The van der Waals surface area contributed by atoms with Gasteiger partial charge < -0.3 is 15.3 Å². The number of likely N-dealkylation sites (tertiary alicyclic amines) is 1. The molecule has 2 N–H and O–H groups in total. The Bertz CT molecular complexity index is 642. The molecule has 1 saturated heterocycles. The lowest BCUT2D eigenvalue weighted by Crippen LogP contribution is -2.44. The number of nitrogens with one attached hydrogen (secondary N) is 1. The molecule has 1 fully saturated rings. The molecule has 0 spiro atoms. The number of hydrogen-bond acceptors (Lipinski definition) is 2. The molecular weight excluding hydrogens is 337 g/mol. The summed E-state index contributed by atoms with van der Waals surface area (Å²) >= 11 is 0. The number of rotatable bonds is 4. The van der Waals surface area contributed by atoms with Crippen LogP contribution in [-0.2, 0) is 16.4 Å². The molecule has 1 aliphatic rings. The van der Waals surface area contributed by atoms with Crippen molar-refractivity contribution in [3.05, 3.63) is 35.4 Å². The summed E-state index contributed by atoms with van der Waals surface area (Å²) in [6, 6.07) is 4.51. The lowest BCUT2D eigenvalue weighted by molar-refractivity contribution is -0.141. The number of carboxylic acid groups (broad SMARTS) is 1. The molecule has 1 aromatic rings. The summed E-state index contributed by atoms with van der Waals surface area (Å²) in [5, 5.41) is 11.7. The normalized spacial score (nSPS) is 18.3. The largest absolute Gasteiger partial charge is 0.481 e. The minimum atomic E-state index is -4.38. The van der Waals surface area contributed by atoms with Crippen LogP contribution in [0, 0.1) is 5.92 Å². The molecule has 0 saturated carbocycles. The molecule has 0 aromatic heterocycles. The smallest absolute Gasteiger partial charge is 0.416 e. The van der Waals surface area contributed by atoms with Crippen molar-refractivity contribution in [2.24, 2.45) is 5.92 Å². The molecule has 0 radical (unpaired) electrons. The summed E-state index contributed by atoms with van der Waals surface area (Å²) < 4.78 is 37.9. The van der Waals surface area contributed by atoms with Crippen LogP contribution in [0.1, 0.15) is 31.4 Å². The summed E-state index contributed by atoms with van der Waals surface area (Å²) in [4.78, 5) is 24.5. The topological polar surface area (TPSA) is 69.6 Å². The van der Waals surface area contributed by atoms with Gasteiger partial charge in [0.05, 0.1) is 11.5 Å². The van der Waals surface area contributed by atoms with Gasteiger partial charge in [0.2, 0.25) is 0 Å². The van der Waals surface area contributed by atoms with Gasteiger partial charge >= 0.3 is 18.2 Å². The minimum Gasteiger partial charge on any atom is -0.481 e. The SMILES string of the molecule is CC(C)(CNC(=O)N1CCC(C(=O)O)C1)c1ccc(C(F)(F)F)cc1. The molecule has 0 aliphatic carbocycles. The molecule has 2 rings (SSSR count). The van der Waals surface area contributed by atoms with Gasteiger partial charge in [0.1, 0.15) is 0 Å². The van der Waals surface area contributed by atoms with Crippen LogP contribution in [0.4, 0.5) is 18.0 Å². The average Bonchev–Trinajstić information content (AvgIpc) is 3.02. The number of amides is 2. The third-order valence-electron chi connectivity index (χ3n) is 4.50. The fraction of sp³-hybridized carbons (Fsp3) is 0.529. The Morgan fingerprint density at radius 3 is 2.24 bits per heavy atom. The Kier molecular flexibility index (Phi) is 5.29. The number of halogens is 3. The van der Waals surface area contributed by atoms with Gasteiger partial charge in [-0.05, 0) is 24.1 Å². The zero-order valence-corrected chi connectivity index (χ0v) is 14.1. The van der Waals surface area contributed by atoms with Crippen LogP contribution in [-0.4, -0.2) is 41.6 Å². The Morgan fingerprint density at radius 2 is 1.76 bits per heavy atom. The van der Waals surface area contributed by atoms with Crippen molar-refractivity contribution in [2.75, 3.05) is 19.6 Å². The second-order valence-electron chi connectivity index (χ2n) is 6.89. The fourth-order valence-corrected chi connectivity index (χ4v) is 2.77. The molecule has 1 heterocycles. The Hall–Kier alpha value is -2.25. The van der Waals surface area contributed by atoms with Crippen LogP contribution in [0.2, 0.25) is 0 Å². The number of aliphatic carboxylic acids is 1. The molecule has 1 aromatic carbocycles. The van der Waals surface area contributed by atoms with E-state index >= 15 is 0 Å². The number of nitrogens with zero attached hydrogens (tertiary/aromatic N) is 1. The van der Waals surface area contributed by atoms with Gasteiger partial charge in [-0.1, -0.05) is 26.0 Å². The maximum atomic E-state index is 12.6. The van der Waals surface area contributed by atoms with Crippen molar-refractivity contribution >= 4 is 12.0 Å². The summed E-state index contributed by atoms with van der Waals surface area (Å²) in [5.41, 5.74) is -0.607. The van der Waals surface area contributed by atoms with E-state index < -0.39 is 29.0 Å². The van der Waals surface area contributed by atoms with E-state index in [1.165, 1.54) is 17.0 Å². The number of carbonyl (C=O) groups excluding carboxylic acids is 1. The maximum Gasteiger partial charge on any atom is 0.416 e. The second kappa shape index (κ2) is 6.93. The van der Waals surface area contributed by atoms with E-state index in [9.17, 15) is 22.8 Å². The molecule has 0 bridgehead atoms. The first-order valence-electron chi connectivity index (χ1n) is 7.94. The Balaban J connectivity index is 1.95. The first kappa shape index (κ1) is 19.1. The van der Waals surface area contributed by atoms with Crippen molar-refractivity contribution in [2.45, 2.75) is 31.9 Å². The number of urea groups is 1. The van der Waals surface area contributed by atoms with Gasteiger partial charge in [0.25, 0.3) is 0 Å². The predicted molar refractivity (Wildman–Crippen MR) is 85.2 cm³/mol. The molecule has 1 unspecified atom stereocenters. The maximum absolute atomic E-state index is 12.6. The highest BCUT2D eigenvalue weighted by Gasteiger charge is 2.33. The number of benzene rings is 1. The monoisotopic (exact) mass is 358 g/mol. The van der Waals surface area contributed by atoms with E-state index in [4.69, 9.17) is 5.11 Å². The molecule has 5 nitrogen and oxygen atoms in total. The number of alkyl halides is 3. The third kappa shape index (κ3) is 4.64. The predicted octanol–water partition coefficient (Wildman–Crippen LogP) is 3.10. The summed E-state index contributed by atoms with van der Waals surface area (Å²) in [6.45, 7) is 4.41. The average molecular weight is 358 g/mol. The van der Waals surface area contributed by atoms with Crippen molar-refractivity contribution in [3.8, 4) is 0 Å². The van der Waals surface area contributed by atoms with Gasteiger partial charge in [-0.3, -0.25) is 4.79 Å². The molecule has 25 heavy (non-hydrogen) atoms. The molecule has 2 amide bonds.